The van der Waals surface area contributed by atoms with Crippen molar-refractivity contribution >= 4 is 0 Å². The fraction of sp³-hybridized carbons (Fsp3) is 0.733. The minimum Gasteiger partial charge on any atom is -0.498 e. The van der Waals surface area contributed by atoms with Crippen molar-refractivity contribution in [2.45, 2.75) is 59.3 Å². The fourth-order valence-electron chi connectivity index (χ4n) is 1.97. The smallest absolute Gasteiger partial charge is 0.0963 e. The van der Waals surface area contributed by atoms with Gasteiger partial charge in [-0.25, -0.2) is 0 Å². The molecule has 0 N–H and O–H groups in total. The molecule has 1 nitrogen and oxygen atoms in total. The van der Waals surface area contributed by atoms with Gasteiger partial charge in [-0.1, -0.05) is 44.8 Å². The Labute approximate surface area is 101 Å². The van der Waals surface area contributed by atoms with E-state index in [0.29, 0.717) is 0 Å². The maximum Gasteiger partial charge on any atom is 0.0963 e. The molecule has 0 aromatic heterocycles. The van der Waals surface area contributed by atoms with Crippen molar-refractivity contribution in [3.63, 3.8) is 0 Å². The van der Waals surface area contributed by atoms with Gasteiger partial charge in [0.15, 0.2) is 0 Å². The van der Waals surface area contributed by atoms with Crippen molar-refractivity contribution < 1.29 is 4.74 Å². The molecule has 92 valence electrons. The summed E-state index contributed by atoms with van der Waals surface area (Å²) in [4.78, 5) is 0. The highest BCUT2D eigenvalue weighted by Gasteiger charge is 2.09. The zero-order valence-electron chi connectivity index (χ0n) is 11.1. The Morgan fingerprint density at radius 1 is 1.25 bits per heavy atom. The van der Waals surface area contributed by atoms with Crippen LogP contribution in [-0.2, 0) is 4.74 Å². The van der Waals surface area contributed by atoms with Crippen molar-refractivity contribution in [3.8, 4) is 0 Å². The number of hydrogen-bond acceptors (Lipinski definition) is 1. The van der Waals surface area contributed by atoms with E-state index in [-0.39, 0.29) is 0 Å². The first kappa shape index (κ1) is 13.3. The van der Waals surface area contributed by atoms with Gasteiger partial charge in [-0.05, 0) is 31.8 Å². The summed E-state index contributed by atoms with van der Waals surface area (Å²) < 4.78 is 5.90. The van der Waals surface area contributed by atoms with Crippen LogP contribution < -0.4 is 0 Å². The first-order valence-corrected chi connectivity index (χ1v) is 6.75. The molecule has 0 radical (unpaired) electrons. The van der Waals surface area contributed by atoms with E-state index in [1.165, 1.54) is 37.0 Å². The highest BCUT2D eigenvalue weighted by Crippen LogP contribution is 2.21. The summed E-state index contributed by atoms with van der Waals surface area (Å²) in [6, 6.07) is 0. The molecule has 0 amide bonds. The van der Waals surface area contributed by atoms with Gasteiger partial charge in [0.1, 0.15) is 0 Å². The van der Waals surface area contributed by atoms with E-state index < -0.39 is 0 Å². The molecule has 1 atom stereocenters. The third-order valence-electron chi connectivity index (χ3n) is 3.37. The Balaban J connectivity index is 2.27. The van der Waals surface area contributed by atoms with Crippen molar-refractivity contribution in [1.82, 2.24) is 0 Å². The van der Waals surface area contributed by atoms with Gasteiger partial charge in [0.05, 0.1) is 12.4 Å². The molecule has 0 aromatic rings. The predicted octanol–water partition coefficient (Wildman–Crippen LogP) is 4.84. The second-order valence-electron chi connectivity index (χ2n) is 4.87. The van der Waals surface area contributed by atoms with Gasteiger partial charge >= 0.3 is 0 Å². The minimum absolute atomic E-state index is 0.743. The van der Waals surface area contributed by atoms with Crippen LogP contribution in [0.5, 0.6) is 0 Å². The Bertz CT molecular complexity index is 250. The van der Waals surface area contributed by atoms with Crippen LogP contribution >= 0.6 is 0 Å². The maximum absolute atomic E-state index is 5.90. The summed E-state index contributed by atoms with van der Waals surface area (Å²) in [5.41, 5.74) is 1.46. The van der Waals surface area contributed by atoms with Gasteiger partial charge in [0.25, 0.3) is 0 Å². The molecular weight excluding hydrogens is 196 g/mol. The van der Waals surface area contributed by atoms with Crippen LogP contribution in [0.2, 0.25) is 0 Å². The first-order chi connectivity index (χ1) is 7.76. The Morgan fingerprint density at radius 2 is 2.06 bits per heavy atom. The van der Waals surface area contributed by atoms with Crippen molar-refractivity contribution in [2.75, 3.05) is 6.61 Å². The molecule has 1 unspecified atom stereocenters. The quantitative estimate of drug-likeness (QED) is 0.598. The number of hydrogen-bond donors (Lipinski definition) is 0. The third-order valence-corrected chi connectivity index (χ3v) is 3.37. The molecule has 1 aliphatic carbocycles. The maximum atomic E-state index is 5.90. The van der Waals surface area contributed by atoms with Gasteiger partial charge in [0.2, 0.25) is 0 Å². The lowest BCUT2D eigenvalue weighted by Gasteiger charge is -2.19. The molecule has 0 aromatic carbocycles. The molecule has 0 spiro atoms. The van der Waals surface area contributed by atoms with Gasteiger partial charge in [0, 0.05) is 6.42 Å². The monoisotopic (exact) mass is 222 g/mol. The topological polar surface area (TPSA) is 9.23 Å². The molecule has 1 rings (SSSR count). The second kappa shape index (κ2) is 7.54. The van der Waals surface area contributed by atoms with Crippen LogP contribution in [0.4, 0.5) is 0 Å². The minimum atomic E-state index is 0.743. The summed E-state index contributed by atoms with van der Waals surface area (Å²) in [7, 11) is 0. The van der Waals surface area contributed by atoms with Gasteiger partial charge in [-0.3, -0.25) is 0 Å². The fourth-order valence-corrected chi connectivity index (χ4v) is 1.97. The summed E-state index contributed by atoms with van der Waals surface area (Å²) in [6.45, 7) is 7.62. The van der Waals surface area contributed by atoms with E-state index >= 15 is 0 Å². The molecule has 0 aliphatic heterocycles. The average molecular weight is 222 g/mol. The average Bonchev–Trinajstić information content (AvgIpc) is 2.32. The second-order valence-corrected chi connectivity index (χ2v) is 4.87. The zero-order valence-corrected chi connectivity index (χ0v) is 11.1. The Morgan fingerprint density at radius 3 is 2.62 bits per heavy atom. The summed E-state index contributed by atoms with van der Waals surface area (Å²) in [5, 5.41) is 0. The lowest BCUT2D eigenvalue weighted by Crippen LogP contribution is -2.09. The lowest BCUT2D eigenvalue weighted by atomic mass is 10.0. The highest BCUT2D eigenvalue weighted by molar-refractivity contribution is 5.19. The van der Waals surface area contributed by atoms with Crippen molar-refractivity contribution in [1.29, 1.82) is 0 Å². The third kappa shape index (κ3) is 4.87. The van der Waals surface area contributed by atoms with Gasteiger partial charge in [-0.15, -0.1) is 0 Å². The van der Waals surface area contributed by atoms with E-state index in [0.717, 1.165) is 25.4 Å². The molecule has 1 heteroatoms. The van der Waals surface area contributed by atoms with E-state index in [9.17, 15) is 0 Å². The van der Waals surface area contributed by atoms with Crippen molar-refractivity contribution in [2.24, 2.45) is 5.92 Å². The van der Waals surface area contributed by atoms with Crippen LogP contribution in [0, 0.1) is 5.92 Å². The number of unbranched alkanes of at least 4 members (excludes halogenated alkanes) is 1. The first-order valence-electron chi connectivity index (χ1n) is 6.75. The summed E-state index contributed by atoms with van der Waals surface area (Å²) >= 11 is 0. The van der Waals surface area contributed by atoms with E-state index in [1.54, 1.807) is 0 Å². The molecule has 0 heterocycles. The summed E-state index contributed by atoms with van der Waals surface area (Å²) in [6.07, 6.45) is 11.8. The van der Waals surface area contributed by atoms with Crippen LogP contribution in [0.3, 0.4) is 0 Å². The number of ether oxygens (including phenoxy) is 1. The van der Waals surface area contributed by atoms with Gasteiger partial charge < -0.3 is 4.74 Å². The SMILES string of the molecule is CCCCC(CC)COC1=CC=C(C)CC1. The molecule has 0 bridgehead atoms. The Kier molecular flexibility index (Phi) is 6.29. The van der Waals surface area contributed by atoms with Gasteiger partial charge in [-0.2, -0.15) is 0 Å². The molecule has 0 fully saturated rings. The van der Waals surface area contributed by atoms with Crippen LogP contribution in [0.15, 0.2) is 23.5 Å². The standard InChI is InChI=1S/C15H26O/c1-4-6-7-14(5-2)12-16-15-10-8-13(3)9-11-15/h8,10,14H,4-7,9,11-12H2,1-3H3. The van der Waals surface area contributed by atoms with Crippen LogP contribution in [0.25, 0.3) is 0 Å². The zero-order chi connectivity index (χ0) is 11.8. The normalized spacial score (nSPS) is 17.7. The van der Waals surface area contributed by atoms with Crippen LogP contribution in [-0.4, -0.2) is 6.61 Å². The molecular formula is C15H26O. The van der Waals surface area contributed by atoms with E-state index in [1.807, 2.05) is 0 Å². The lowest BCUT2D eigenvalue weighted by molar-refractivity contribution is 0.148. The largest absolute Gasteiger partial charge is 0.498 e. The molecule has 16 heavy (non-hydrogen) atoms. The predicted molar refractivity (Wildman–Crippen MR) is 70.3 cm³/mol. The molecule has 0 saturated carbocycles. The highest BCUT2D eigenvalue weighted by atomic mass is 16.5. The van der Waals surface area contributed by atoms with E-state index in [2.05, 4.69) is 32.9 Å². The van der Waals surface area contributed by atoms with Crippen LogP contribution in [0.1, 0.15) is 59.3 Å². The van der Waals surface area contributed by atoms with Crippen molar-refractivity contribution in [3.05, 3.63) is 23.5 Å². The van der Waals surface area contributed by atoms with E-state index in [4.69, 9.17) is 4.74 Å². The number of allylic oxidation sites excluding steroid dienone is 4. The molecule has 1 aliphatic rings. The number of rotatable bonds is 7. The summed E-state index contributed by atoms with van der Waals surface area (Å²) in [5.74, 6) is 1.92. The molecule has 0 saturated heterocycles. The Hall–Kier alpha value is -0.720.